The number of fused-ring (bicyclic) bond motifs is 12. The van der Waals surface area contributed by atoms with Gasteiger partial charge >= 0.3 is 0 Å². The fourth-order valence-electron chi connectivity index (χ4n) is 6.07. The minimum atomic E-state index is -0.336. The van der Waals surface area contributed by atoms with Gasteiger partial charge in [0.25, 0.3) is 0 Å². The van der Waals surface area contributed by atoms with E-state index in [9.17, 15) is 0 Å². The molecule has 0 atom stereocenters. The molecular weight excluding hydrogens is 420 g/mol. The molecule has 0 radical (unpaired) electrons. The molecule has 1 aromatic heterocycles. The Morgan fingerprint density at radius 1 is 0.485 bits per heavy atom. The summed E-state index contributed by atoms with van der Waals surface area (Å²) in [6, 6.07) is 39.8. The quantitative estimate of drug-likeness (QED) is 0.236. The van der Waals surface area contributed by atoms with Crippen LogP contribution in [0.1, 0.15) is 22.3 Å². The summed E-state index contributed by atoms with van der Waals surface area (Å²) < 4.78 is 6.28. The highest BCUT2D eigenvalue weighted by atomic mass is 32.2. The second kappa shape index (κ2) is 6.18. The van der Waals surface area contributed by atoms with E-state index in [-0.39, 0.29) is 5.41 Å². The molecule has 2 heteroatoms. The van der Waals surface area contributed by atoms with E-state index in [1.165, 1.54) is 53.9 Å². The molecule has 0 saturated carbocycles. The predicted octanol–water partition coefficient (Wildman–Crippen LogP) is 8.41. The van der Waals surface area contributed by atoms with Crippen LogP contribution in [0.3, 0.4) is 0 Å². The average Bonchev–Trinajstić information content (AvgIpc) is 3.37. The number of rotatable bonds is 0. The zero-order chi connectivity index (χ0) is 21.6. The van der Waals surface area contributed by atoms with E-state index >= 15 is 0 Å². The topological polar surface area (TPSA) is 13.1 Å². The molecule has 0 amide bonds. The molecule has 0 fully saturated rings. The summed E-state index contributed by atoms with van der Waals surface area (Å²) in [6.07, 6.45) is 0. The van der Waals surface area contributed by atoms with Crippen LogP contribution in [0.4, 0.5) is 0 Å². The standard InChI is InChI=1S/C31H18OS/c1-4-12-23-19(9-1)20-10-2-5-13-24(20)31(23)25-14-6-8-16-29(25)33-30-18-28-22(17-26(30)31)21-11-3-7-15-27(21)32-28/h1-18H. The van der Waals surface area contributed by atoms with Crippen LogP contribution < -0.4 is 0 Å². The first-order valence-corrected chi connectivity index (χ1v) is 12.1. The first kappa shape index (κ1) is 17.8. The van der Waals surface area contributed by atoms with Gasteiger partial charge in [0.2, 0.25) is 0 Å². The van der Waals surface area contributed by atoms with E-state index < -0.39 is 0 Å². The van der Waals surface area contributed by atoms with Gasteiger partial charge in [-0.05, 0) is 57.6 Å². The lowest BCUT2D eigenvalue weighted by molar-refractivity contribution is 0.664. The Labute approximate surface area is 195 Å². The third kappa shape index (κ3) is 2.10. The molecule has 2 heterocycles. The van der Waals surface area contributed by atoms with Gasteiger partial charge in [-0.1, -0.05) is 96.7 Å². The Morgan fingerprint density at radius 2 is 1.12 bits per heavy atom. The van der Waals surface area contributed by atoms with Crippen LogP contribution >= 0.6 is 11.8 Å². The van der Waals surface area contributed by atoms with Gasteiger partial charge in [-0.15, -0.1) is 0 Å². The van der Waals surface area contributed by atoms with Crippen molar-refractivity contribution in [3.05, 3.63) is 131 Å². The highest BCUT2D eigenvalue weighted by Crippen LogP contribution is 2.62. The van der Waals surface area contributed by atoms with Crippen molar-refractivity contribution >= 4 is 33.7 Å². The van der Waals surface area contributed by atoms with E-state index in [0.717, 1.165) is 11.2 Å². The molecule has 5 aromatic carbocycles. The van der Waals surface area contributed by atoms with Gasteiger partial charge in [0.05, 0.1) is 5.41 Å². The Hall–Kier alpha value is -3.75. The summed E-state index contributed by atoms with van der Waals surface area (Å²) in [6.45, 7) is 0. The number of furan rings is 1. The largest absolute Gasteiger partial charge is 0.456 e. The van der Waals surface area contributed by atoms with Crippen LogP contribution in [0.25, 0.3) is 33.1 Å². The second-order valence-electron chi connectivity index (χ2n) is 8.88. The summed E-state index contributed by atoms with van der Waals surface area (Å²) in [5.41, 5.74) is 9.68. The van der Waals surface area contributed by atoms with Crippen molar-refractivity contribution in [1.29, 1.82) is 0 Å². The van der Waals surface area contributed by atoms with Gasteiger partial charge < -0.3 is 4.42 Å². The molecule has 1 spiro atoms. The summed E-state index contributed by atoms with van der Waals surface area (Å²) >= 11 is 1.86. The first-order valence-electron chi connectivity index (χ1n) is 11.3. The van der Waals surface area contributed by atoms with Gasteiger partial charge in [-0.25, -0.2) is 0 Å². The molecule has 1 aliphatic carbocycles. The average molecular weight is 439 g/mol. The van der Waals surface area contributed by atoms with Crippen molar-refractivity contribution < 1.29 is 4.42 Å². The molecular formula is C31H18OS. The maximum absolute atomic E-state index is 6.28. The van der Waals surface area contributed by atoms with Crippen molar-refractivity contribution in [2.45, 2.75) is 15.2 Å². The Bertz CT molecular complexity index is 1710. The maximum Gasteiger partial charge on any atom is 0.136 e. The predicted molar refractivity (Wildman–Crippen MR) is 135 cm³/mol. The van der Waals surface area contributed by atoms with Crippen molar-refractivity contribution in [1.82, 2.24) is 0 Å². The molecule has 33 heavy (non-hydrogen) atoms. The van der Waals surface area contributed by atoms with E-state index in [4.69, 9.17) is 4.42 Å². The molecule has 0 saturated heterocycles. The first-order chi connectivity index (χ1) is 16.4. The van der Waals surface area contributed by atoms with Gasteiger partial charge in [0.1, 0.15) is 11.2 Å². The zero-order valence-electron chi connectivity index (χ0n) is 17.7. The Balaban J connectivity index is 1.60. The smallest absolute Gasteiger partial charge is 0.136 e. The third-order valence-corrected chi connectivity index (χ3v) is 8.48. The fourth-order valence-corrected chi connectivity index (χ4v) is 7.28. The lowest BCUT2D eigenvalue weighted by Crippen LogP contribution is -2.31. The SMILES string of the molecule is c1ccc2c(c1)Sc1cc3oc4ccccc4c3cc1C21c2ccccc2-c2ccccc21. The third-order valence-electron chi connectivity index (χ3n) is 7.35. The van der Waals surface area contributed by atoms with E-state index in [1.807, 2.05) is 17.8 Å². The highest BCUT2D eigenvalue weighted by Gasteiger charge is 2.50. The summed E-state index contributed by atoms with van der Waals surface area (Å²) in [5, 5.41) is 2.36. The molecule has 2 aliphatic rings. The minimum absolute atomic E-state index is 0.336. The zero-order valence-corrected chi connectivity index (χ0v) is 18.5. The van der Waals surface area contributed by atoms with Crippen LogP contribution in [0, 0.1) is 0 Å². The molecule has 1 aliphatic heterocycles. The van der Waals surface area contributed by atoms with Crippen LogP contribution in [-0.2, 0) is 5.41 Å². The number of hydrogen-bond donors (Lipinski definition) is 0. The van der Waals surface area contributed by atoms with Crippen molar-refractivity contribution in [2.24, 2.45) is 0 Å². The summed E-state index contributed by atoms with van der Waals surface area (Å²) in [7, 11) is 0. The molecule has 0 unspecified atom stereocenters. The molecule has 0 N–H and O–H groups in total. The fraction of sp³-hybridized carbons (Fsp3) is 0.0323. The van der Waals surface area contributed by atoms with E-state index in [0.29, 0.717) is 0 Å². The van der Waals surface area contributed by atoms with Crippen molar-refractivity contribution in [3.8, 4) is 11.1 Å². The van der Waals surface area contributed by atoms with E-state index in [1.54, 1.807) is 0 Å². The number of para-hydroxylation sites is 1. The monoisotopic (exact) mass is 438 g/mol. The summed E-state index contributed by atoms with van der Waals surface area (Å²) in [5.74, 6) is 0. The Kier molecular flexibility index (Phi) is 3.33. The normalized spacial score (nSPS) is 14.8. The maximum atomic E-state index is 6.28. The van der Waals surface area contributed by atoms with Crippen LogP contribution in [-0.4, -0.2) is 0 Å². The Morgan fingerprint density at radius 3 is 1.91 bits per heavy atom. The van der Waals surface area contributed by atoms with Gasteiger partial charge in [0, 0.05) is 20.6 Å². The lowest BCUT2D eigenvalue weighted by Gasteiger charge is -2.39. The number of benzene rings is 5. The van der Waals surface area contributed by atoms with Crippen LogP contribution in [0.15, 0.2) is 123 Å². The molecule has 154 valence electrons. The lowest BCUT2D eigenvalue weighted by atomic mass is 9.67. The number of hydrogen-bond acceptors (Lipinski definition) is 2. The van der Waals surface area contributed by atoms with Crippen molar-refractivity contribution in [3.63, 3.8) is 0 Å². The molecule has 1 nitrogen and oxygen atoms in total. The van der Waals surface area contributed by atoms with Crippen LogP contribution in [0.2, 0.25) is 0 Å². The van der Waals surface area contributed by atoms with Crippen molar-refractivity contribution in [2.75, 3.05) is 0 Å². The molecule has 6 aromatic rings. The van der Waals surface area contributed by atoms with Crippen LogP contribution in [0.5, 0.6) is 0 Å². The van der Waals surface area contributed by atoms with Gasteiger partial charge in [0.15, 0.2) is 0 Å². The van der Waals surface area contributed by atoms with Gasteiger partial charge in [-0.2, -0.15) is 0 Å². The summed E-state index contributed by atoms with van der Waals surface area (Å²) in [4.78, 5) is 2.58. The molecule has 0 bridgehead atoms. The van der Waals surface area contributed by atoms with E-state index in [2.05, 4.69) is 103 Å². The second-order valence-corrected chi connectivity index (χ2v) is 9.97. The minimum Gasteiger partial charge on any atom is -0.456 e. The van der Waals surface area contributed by atoms with Gasteiger partial charge in [-0.3, -0.25) is 0 Å². The highest BCUT2D eigenvalue weighted by molar-refractivity contribution is 7.99. The molecule has 8 rings (SSSR count).